The van der Waals surface area contributed by atoms with Crippen LogP contribution in [0.15, 0.2) is 39.7 Å². The van der Waals surface area contributed by atoms with Gasteiger partial charge in [0.1, 0.15) is 11.6 Å². The highest BCUT2D eigenvalue weighted by Crippen LogP contribution is 2.14. The van der Waals surface area contributed by atoms with Crippen molar-refractivity contribution in [1.82, 2.24) is 9.97 Å². The van der Waals surface area contributed by atoms with Crippen molar-refractivity contribution in [2.45, 2.75) is 20.3 Å². The lowest BCUT2D eigenvalue weighted by molar-refractivity contribution is 0.0989. The van der Waals surface area contributed by atoms with E-state index >= 15 is 0 Å². The third kappa shape index (κ3) is 2.38. The number of para-hydroxylation sites is 1. The topological polar surface area (TPSA) is 76.0 Å². The zero-order valence-corrected chi connectivity index (χ0v) is 11.8. The molecule has 0 spiro atoms. The standard InChI is InChI=1S/C16H14N2O3/c1-9-4-3-5-12-15(9)17-14(18-16(12)20)8-13(19)11-6-7-21-10(11)2/h3-7H,8H2,1-2H3,(H,17,18,20). The summed E-state index contributed by atoms with van der Waals surface area (Å²) in [4.78, 5) is 31.3. The average Bonchev–Trinajstić information content (AvgIpc) is 2.86. The second-order valence-corrected chi connectivity index (χ2v) is 4.97. The number of carbonyl (C=O) groups is 1. The normalized spacial score (nSPS) is 11.0. The highest BCUT2D eigenvalue weighted by molar-refractivity contribution is 5.98. The molecule has 0 atom stereocenters. The number of aryl methyl sites for hydroxylation is 2. The first kappa shape index (κ1) is 13.3. The van der Waals surface area contributed by atoms with Crippen LogP contribution in [0.25, 0.3) is 10.9 Å². The van der Waals surface area contributed by atoms with E-state index in [1.54, 1.807) is 19.1 Å². The third-order valence-corrected chi connectivity index (χ3v) is 3.47. The Morgan fingerprint density at radius 3 is 2.81 bits per heavy atom. The van der Waals surface area contributed by atoms with E-state index in [1.165, 1.54) is 6.26 Å². The van der Waals surface area contributed by atoms with Gasteiger partial charge in [-0.3, -0.25) is 9.59 Å². The molecule has 0 radical (unpaired) electrons. The first-order chi connectivity index (χ1) is 10.1. The maximum atomic E-state index is 12.2. The van der Waals surface area contributed by atoms with Crippen LogP contribution in [-0.4, -0.2) is 15.8 Å². The Bertz CT molecular complexity index is 890. The van der Waals surface area contributed by atoms with E-state index in [0.717, 1.165) is 5.56 Å². The van der Waals surface area contributed by atoms with Crippen LogP contribution in [0.2, 0.25) is 0 Å². The lowest BCUT2D eigenvalue weighted by Gasteiger charge is -2.04. The Morgan fingerprint density at radius 1 is 1.29 bits per heavy atom. The number of hydrogen-bond acceptors (Lipinski definition) is 4. The van der Waals surface area contributed by atoms with Gasteiger partial charge in [0.2, 0.25) is 0 Å². The van der Waals surface area contributed by atoms with Gasteiger partial charge < -0.3 is 9.40 Å². The van der Waals surface area contributed by atoms with E-state index in [1.807, 2.05) is 19.1 Å². The van der Waals surface area contributed by atoms with Crippen molar-refractivity contribution in [3.63, 3.8) is 0 Å². The Balaban J connectivity index is 2.02. The number of aromatic nitrogens is 2. The van der Waals surface area contributed by atoms with E-state index in [4.69, 9.17) is 4.42 Å². The molecular weight excluding hydrogens is 268 g/mol. The van der Waals surface area contributed by atoms with Gasteiger partial charge in [0, 0.05) is 0 Å². The number of fused-ring (bicyclic) bond motifs is 1. The van der Waals surface area contributed by atoms with E-state index < -0.39 is 0 Å². The molecule has 1 aromatic carbocycles. The molecule has 0 aliphatic carbocycles. The fourth-order valence-electron chi connectivity index (χ4n) is 2.36. The maximum Gasteiger partial charge on any atom is 0.258 e. The molecule has 1 N–H and O–H groups in total. The summed E-state index contributed by atoms with van der Waals surface area (Å²) in [7, 11) is 0. The number of carbonyl (C=O) groups excluding carboxylic acids is 1. The molecule has 3 rings (SSSR count). The molecule has 0 saturated carbocycles. The minimum atomic E-state index is -0.226. The van der Waals surface area contributed by atoms with Crippen molar-refractivity contribution in [2.24, 2.45) is 0 Å². The lowest BCUT2D eigenvalue weighted by atomic mass is 10.1. The van der Waals surface area contributed by atoms with Crippen molar-refractivity contribution < 1.29 is 9.21 Å². The first-order valence-corrected chi connectivity index (χ1v) is 6.62. The molecule has 0 aliphatic rings. The Labute approximate surface area is 120 Å². The van der Waals surface area contributed by atoms with Gasteiger partial charge in [-0.2, -0.15) is 0 Å². The number of H-pyrrole nitrogens is 1. The molecule has 0 amide bonds. The Morgan fingerprint density at radius 2 is 2.10 bits per heavy atom. The predicted octanol–water partition coefficient (Wildman–Crippen LogP) is 2.56. The molecule has 0 saturated heterocycles. The minimum absolute atomic E-state index is 0.0416. The van der Waals surface area contributed by atoms with E-state index in [0.29, 0.717) is 28.1 Å². The fraction of sp³-hybridized carbons (Fsp3) is 0.188. The van der Waals surface area contributed by atoms with Gasteiger partial charge in [-0.05, 0) is 31.5 Å². The summed E-state index contributed by atoms with van der Waals surface area (Å²) in [6, 6.07) is 7.05. The van der Waals surface area contributed by atoms with Gasteiger partial charge in [-0.25, -0.2) is 4.98 Å². The van der Waals surface area contributed by atoms with E-state index in [2.05, 4.69) is 9.97 Å². The molecule has 106 valence electrons. The smallest absolute Gasteiger partial charge is 0.258 e. The zero-order chi connectivity index (χ0) is 15.0. The lowest BCUT2D eigenvalue weighted by Crippen LogP contribution is -2.15. The van der Waals surface area contributed by atoms with Crippen molar-refractivity contribution in [2.75, 3.05) is 0 Å². The summed E-state index contributed by atoms with van der Waals surface area (Å²) >= 11 is 0. The molecule has 0 bridgehead atoms. The van der Waals surface area contributed by atoms with Crippen LogP contribution in [0, 0.1) is 13.8 Å². The van der Waals surface area contributed by atoms with Gasteiger partial charge in [0.05, 0.1) is 29.2 Å². The van der Waals surface area contributed by atoms with Crippen molar-refractivity contribution >= 4 is 16.7 Å². The summed E-state index contributed by atoms with van der Waals surface area (Å²) in [6.45, 7) is 3.62. The molecule has 21 heavy (non-hydrogen) atoms. The number of aromatic amines is 1. The number of Topliss-reactive ketones (excluding diaryl/α,β-unsaturated/α-hetero) is 1. The molecule has 5 nitrogen and oxygen atoms in total. The summed E-state index contributed by atoms with van der Waals surface area (Å²) in [6.07, 6.45) is 1.52. The molecule has 0 fully saturated rings. The van der Waals surface area contributed by atoms with Gasteiger partial charge in [-0.15, -0.1) is 0 Å². The van der Waals surface area contributed by atoms with Gasteiger partial charge in [-0.1, -0.05) is 12.1 Å². The number of nitrogens with zero attached hydrogens (tertiary/aromatic N) is 1. The Hall–Kier alpha value is -2.69. The fourth-order valence-corrected chi connectivity index (χ4v) is 2.36. The zero-order valence-electron chi connectivity index (χ0n) is 11.8. The van der Waals surface area contributed by atoms with Crippen molar-refractivity contribution in [3.05, 3.63) is 63.6 Å². The number of furan rings is 1. The maximum absolute atomic E-state index is 12.2. The molecular formula is C16H14N2O3. The molecule has 3 aromatic rings. The largest absolute Gasteiger partial charge is 0.469 e. The number of benzene rings is 1. The summed E-state index contributed by atoms with van der Waals surface area (Å²) in [5.41, 5.74) is 1.83. The number of ketones is 1. The second-order valence-electron chi connectivity index (χ2n) is 4.97. The second kappa shape index (κ2) is 5.01. The molecule has 0 aliphatic heterocycles. The van der Waals surface area contributed by atoms with E-state index in [-0.39, 0.29) is 17.8 Å². The number of nitrogens with one attached hydrogen (secondary N) is 1. The quantitative estimate of drug-likeness (QED) is 0.749. The van der Waals surface area contributed by atoms with Gasteiger partial charge in [0.25, 0.3) is 5.56 Å². The van der Waals surface area contributed by atoms with Crippen LogP contribution >= 0.6 is 0 Å². The van der Waals surface area contributed by atoms with Crippen LogP contribution in [-0.2, 0) is 6.42 Å². The predicted molar refractivity (Wildman–Crippen MR) is 78.6 cm³/mol. The van der Waals surface area contributed by atoms with E-state index in [9.17, 15) is 9.59 Å². The molecule has 2 heterocycles. The van der Waals surface area contributed by atoms with Crippen LogP contribution in [0.4, 0.5) is 0 Å². The third-order valence-electron chi connectivity index (χ3n) is 3.47. The SMILES string of the molecule is Cc1occc1C(=O)Cc1nc2c(C)cccc2c(=O)[nH]1. The summed E-state index contributed by atoms with van der Waals surface area (Å²) in [5.74, 6) is 0.809. The molecule has 5 heteroatoms. The highest BCUT2D eigenvalue weighted by Gasteiger charge is 2.14. The molecule has 2 aromatic heterocycles. The molecule has 0 unspecified atom stereocenters. The number of hydrogen-bond donors (Lipinski definition) is 1. The number of rotatable bonds is 3. The van der Waals surface area contributed by atoms with Crippen LogP contribution in [0.3, 0.4) is 0 Å². The van der Waals surface area contributed by atoms with Crippen molar-refractivity contribution in [1.29, 1.82) is 0 Å². The first-order valence-electron chi connectivity index (χ1n) is 6.62. The van der Waals surface area contributed by atoms with Crippen LogP contribution in [0.5, 0.6) is 0 Å². The highest BCUT2D eigenvalue weighted by atomic mass is 16.3. The summed E-state index contributed by atoms with van der Waals surface area (Å²) < 4.78 is 5.12. The Kier molecular flexibility index (Phi) is 3.17. The van der Waals surface area contributed by atoms with Crippen molar-refractivity contribution in [3.8, 4) is 0 Å². The van der Waals surface area contributed by atoms with Gasteiger partial charge >= 0.3 is 0 Å². The monoisotopic (exact) mass is 282 g/mol. The van der Waals surface area contributed by atoms with Gasteiger partial charge in [0.15, 0.2) is 5.78 Å². The van der Waals surface area contributed by atoms with Crippen LogP contribution < -0.4 is 5.56 Å². The average molecular weight is 282 g/mol. The minimum Gasteiger partial charge on any atom is -0.469 e. The van der Waals surface area contributed by atoms with Crippen LogP contribution in [0.1, 0.15) is 27.5 Å². The summed E-state index contributed by atoms with van der Waals surface area (Å²) in [5, 5.41) is 0.533.